The second kappa shape index (κ2) is 10.1. The summed E-state index contributed by atoms with van der Waals surface area (Å²) in [6, 6.07) is 18.1. The lowest BCUT2D eigenvalue weighted by Gasteiger charge is -2.35. The van der Waals surface area contributed by atoms with Crippen LogP contribution in [0.4, 0.5) is 4.79 Å². The first-order chi connectivity index (χ1) is 18.8. The summed E-state index contributed by atoms with van der Waals surface area (Å²) in [5, 5.41) is 4.75. The Kier molecular flexibility index (Phi) is 6.52. The van der Waals surface area contributed by atoms with Crippen LogP contribution in [0, 0.1) is 0 Å². The number of amides is 1. The Hall–Kier alpha value is -4.24. The number of fused-ring (bicyclic) bond motifs is 1. The van der Waals surface area contributed by atoms with Crippen LogP contribution < -0.4 is 9.47 Å². The first-order valence-corrected chi connectivity index (χ1v) is 13.2. The molecule has 1 amide bonds. The Morgan fingerprint density at radius 3 is 2.41 bits per heavy atom. The number of hydrogen-bond acceptors (Lipinski definition) is 7. The summed E-state index contributed by atoms with van der Waals surface area (Å²) >= 11 is 0. The van der Waals surface area contributed by atoms with Crippen molar-refractivity contribution < 1.29 is 23.4 Å². The highest BCUT2D eigenvalue weighted by Gasteiger charge is 2.27. The van der Waals surface area contributed by atoms with Crippen molar-refractivity contribution >= 4 is 6.09 Å². The average Bonchev–Trinajstić information content (AvgIpc) is 3.69. The Bertz CT molecular complexity index is 1450. The maximum atomic E-state index is 12.5. The molecule has 0 spiro atoms. The molecule has 9 heteroatoms. The van der Waals surface area contributed by atoms with E-state index in [1.807, 2.05) is 62.0 Å². The van der Waals surface area contributed by atoms with Gasteiger partial charge in [-0.25, -0.2) is 9.48 Å². The summed E-state index contributed by atoms with van der Waals surface area (Å²) in [6.45, 7) is 9.39. The summed E-state index contributed by atoms with van der Waals surface area (Å²) in [7, 11) is 0. The van der Waals surface area contributed by atoms with Gasteiger partial charge in [0.2, 0.25) is 6.79 Å². The minimum absolute atomic E-state index is 0.254. The molecule has 0 aliphatic carbocycles. The maximum Gasteiger partial charge on any atom is 0.410 e. The third-order valence-corrected chi connectivity index (χ3v) is 6.84. The lowest BCUT2D eigenvalue weighted by Crippen LogP contribution is -2.49. The molecule has 0 unspecified atom stereocenters. The summed E-state index contributed by atoms with van der Waals surface area (Å²) in [6.07, 6.45) is 3.33. The monoisotopic (exact) mass is 528 g/mol. The molecule has 0 N–H and O–H groups in total. The normalized spacial score (nSPS) is 15.5. The van der Waals surface area contributed by atoms with Gasteiger partial charge < -0.3 is 23.5 Å². The highest BCUT2D eigenvalue weighted by molar-refractivity contribution is 5.69. The number of hydrogen-bond donors (Lipinski definition) is 0. The van der Waals surface area contributed by atoms with Gasteiger partial charge in [-0.1, -0.05) is 18.2 Å². The largest absolute Gasteiger partial charge is 0.463 e. The molecule has 1 fully saturated rings. The fraction of sp³-hybridized carbons (Fsp3) is 0.333. The standard InChI is InChI=1S/C30H32N4O5/c1-30(2,3)39-29(35)33-14-12-32(13-15-33)19-23-18-31-34(28(23)26-5-4-16-36-26)24-9-6-21(7-10-24)22-8-11-25-27(17-22)38-20-37-25/h4-11,16-18H,12-15,19-20H2,1-3H3. The van der Waals surface area contributed by atoms with Crippen LogP contribution in [0.2, 0.25) is 0 Å². The van der Waals surface area contributed by atoms with Gasteiger partial charge in [-0.2, -0.15) is 5.10 Å². The zero-order valence-electron chi connectivity index (χ0n) is 22.4. The first kappa shape index (κ1) is 25.1. The number of benzene rings is 2. The smallest absolute Gasteiger partial charge is 0.410 e. The molecule has 9 nitrogen and oxygen atoms in total. The minimum Gasteiger partial charge on any atom is -0.463 e. The van der Waals surface area contributed by atoms with Crippen molar-refractivity contribution in [2.75, 3.05) is 33.0 Å². The Balaban J connectivity index is 1.20. The van der Waals surface area contributed by atoms with Crippen molar-refractivity contribution in [2.45, 2.75) is 32.9 Å². The van der Waals surface area contributed by atoms with E-state index in [1.165, 1.54) is 0 Å². The molecular formula is C30H32N4O5. The van der Waals surface area contributed by atoms with Crippen LogP contribution in [-0.2, 0) is 11.3 Å². The lowest BCUT2D eigenvalue weighted by atomic mass is 10.0. The summed E-state index contributed by atoms with van der Waals surface area (Å²) in [4.78, 5) is 16.6. The number of carbonyl (C=O) groups excluding carboxylic acids is 1. The van der Waals surface area contributed by atoms with E-state index in [4.69, 9.17) is 23.7 Å². The number of furan rings is 1. The second-order valence-electron chi connectivity index (χ2n) is 10.8. The third-order valence-electron chi connectivity index (χ3n) is 6.84. The van der Waals surface area contributed by atoms with Gasteiger partial charge >= 0.3 is 6.09 Å². The number of aromatic nitrogens is 2. The van der Waals surface area contributed by atoms with E-state index in [1.54, 1.807) is 11.2 Å². The van der Waals surface area contributed by atoms with E-state index in [0.717, 1.165) is 58.4 Å². The topological polar surface area (TPSA) is 82.2 Å². The summed E-state index contributed by atoms with van der Waals surface area (Å²) in [5.41, 5.74) is 4.56. The van der Waals surface area contributed by atoms with Crippen molar-refractivity contribution in [3.63, 3.8) is 0 Å². The van der Waals surface area contributed by atoms with Gasteiger partial charge in [-0.3, -0.25) is 4.90 Å². The first-order valence-electron chi connectivity index (χ1n) is 13.2. The zero-order chi connectivity index (χ0) is 27.0. The summed E-state index contributed by atoms with van der Waals surface area (Å²) < 4.78 is 24.3. The minimum atomic E-state index is -0.497. The Morgan fingerprint density at radius 1 is 0.949 bits per heavy atom. The molecule has 202 valence electrons. The molecule has 39 heavy (non-hydrogen) atoms. The van der Waals surface area contributed by atoms with E-state index in [9.17, 15) is 4.79 Å². The SMILES string of the molecule is CC(C)(C)OC(=O)N1CCN(Cc2cnn(-c3ccc(-c4ccc5c(c4)OCO5)cc3)c2-c2ccco2)CC1. The molecule has 2 aromatic heterocycles. The fourth-order valence-electron chi connectivity index (χ4n) is 4.90. The summed E-state index contributed by atoms with van der Waals surface area (Å²) in [5.74, 6) is 2.30. The zero-order valence-corrected chi connectivity index (χ0v) is 22.4. The van der Waals surface area contributed by atoms with Crippen LogP contribution in [0.15, 0.2) is 71.5 Å². The number of rotatable bonds is 5. The van der Waals surface area contributed by atoms with Gasteiger partial charge in [-0.15, -0.1) is 0 Å². The number of carbonyl (C=O) groups is 1. The third kappa shape index (κ3) is 5.35. The second-order valence-corrected chi connectivity index (χ2v) is 10.8. The van der Waals surface area contributed by atoms with Crippen molar-refractivity contribution in [3.8, 4) is 39.8 Å². The van der Waals surface area contributed by atoms with Gasteiger partial charge in [0.25, 0.3) is 0 Å². The molecule has 4 heterocycles. The van der Waals surface area contributed by atoms with Crippen molar-refractivity contribution in [2.24, 2.45) is 0 Å². The quantitative estimate of drug-likeness (QED) is 0.334. The molecule has 6 rings (SSSR count). The Morgan fingerprint density at radius 2 is 1.69 bits per heavy atom. The molecule has 0 bridgehead atoms. The van der Waals surface area contributed by atoms with Crippen molar-refractivity contribution in [1.82, 2.24) is 19.6 Å². The van der Waals surface area contributed by atoms with E-state index < -0.39 is 5.60 Å². The van der Waals surface area contributed by atoms with Crippen molar-refractivity contribution in [3.05, 3.63) is 72.6 Å². The molecule has 1 saturated heterocycles. The molecule has 0 saturated carbocycles. The van der Waals surface area contributed by atoms with Gasteiger partial charge in [0.15, 0.2) is 17.3 Å². The van der Waals surface area contributed by atoms with E-state index >= 15 is 0 Å². The highest BCUT2D eigenvalue weighted by atomic mass is 16.7. The predicted octanol–water partition coefficient (Wildman–Crippen LogP) is 5.58. The van der Waals surface area contributed by atoms with Gasteiger partial charge in [-0.05, 0) is 68.3 Å². The maximum absolute atomic E-state index is 12.5. The lowest BCUT2D eigenvalue weighted by molar-refractivity contribution is 0.0139. The highest BCUT2D eigenvalue weighted by Crippen LogP contribution is 2.36. The molecule has 4 aromatic rings. The van der Waals surface area contributed by atoms with Crippen LogP contribution in [0.1, 0.15) is 26.3 Å². The number of ether oxygens (including phenoxy) is 3. The van der Waals surface area contributed by atoms with E-state index in [0.29, 0.717) is 19.6 Å². The predicted molar refractivity (Wildman–Crippen MR) is 146 cm³/mol. The molecule has 0 atom stereocenters. The van der Waals surface area contributed by atoms with Gasteiger partial charge in [0.05, 0.1) is 18.1 Å². The van der Waals surface area contributed by atoms with E-state index in [2.05, 4.69) is 29.2 Å². The van der Waals surface area contributed by atoms with E-state index in [-0.39, 0.29) is 12.9 Å². The molecule has 2 aliphatic rings. The van der Waals surface area contributed by atoms with Crippen LogP contribution in [0.25, 0.3) is 28.3 Å². The molecule has 0 radical (unpaired) electrons. The average molecular weight is 529 g/mol. The Labute approximate surface area is 227 Å². The van der Waals surface area contributed by atoms with Crippen molar-refractivity contribution in [1.29, 1.82) is 0 Å². The molecular weight excluding hydrogens is 496 g/mol. The molecule has 2 aliphatic heterocycles. The van der Waals surface area contributed by atoms with Gasteiger partial charge in [0.1, 0.15) is 11.3 Å². The van der Waals surface area contributed by atoms with Crippen LogP contribution >= 0.6 is 0 Å². The number of piperazine rings is 1. The van der Waals surface area contributed by atoms with Crippen LogP contribution in [0.5, 0.6) is 11.5 Å². The number of nitrogens with zero attached hydrogens (tertiary/aromatic N) is 4. The molecule has 2 aromatic carbocycles. The van der Waals surface area contributed by atoms with Crippen LogP contribution in [-0.4, -0.2) is 64.2 Å². The van der Waals surface area contributed by atoms with Gasteiger partial charge in [0, 0.05) is 38.3 Å². The fourth-order valence-corrected chi connectivity index (χ4v) is 4.90. The van der Waals surface area contributed by atoms with Crippen LogP contribution in [0.3, 0.4) is 0 Å².